The van der Waals surface area contributed by atoms with E-state index < -0.39 is 41.9 Å². The van der Waals surface area contributed by atoms with Crippen molar-refractivity contribution in [1.82, 2.24) is 9.97 Å². The monoisotopic (exact) mass is 1720 g/mol. The number of halogens is 1. The number of nitrogens with zero attached hydrogens (tertiary/aromatic N) is 2. The van der Waals surface area contributed by atoms with Crippen LogP contribution in [0.25, 0.3) is 45.2 Å². The Labute approximate surface area is 708 Å². The van der Waals surface area contributed by atoms with Crippen LogP contribution < -0.4 is 10.4 Å². The lowest BCUT2D eigenvalue weighted by molar-refractivity contribution is -0.182. The first-order valence-electron chi connectivity index (χ1n) is 42.0. The van der Waals surface area contributed by atoms with Crippen LogP contribution in [0.3, 0.4) is 0 Å². The molecule has 2 heterocycles. The molecule has 18 heteroatoms. The molecule has 6 atom stereocenters. The molecule has 0 amide bonds. The molecule has 0 spiro atoms. The van der Waals surface area contributed by atoms with Crippen LogP contribution in [0.1, 0.15) is 225 Å². The Morgan fingerprint density at radius 1 is 0.397 bits per heavy atom. The molecule has 11 rings (SSSR count). The highest BCUT2D eigenvalue weighted by Crippen LogP contribution is 2.40. The van der Waals surface area contributed by atoms with Crippen molar-refractivity contribution in [2.24, 2.45) is 35.5 Å². The van der Waals surface area contributed by atoms with Crippen LogP contribution in [-0.4, -0.2) is 115 Å². The van der Waals surface area contributed by atoms with E-state index in [9.17, 15) is 19.5 Å². The number of aliphatic hydroxyl groups is 1. The van der Waals surface area contributed by atoms with E-state index in [0.717, 1.165) is 121 Å². The van der Waals surface area contributed by atoms with Gasteiger partial charge < -0.3 is 51.5 Å². The lowest BCUT2D eigenvalue weighted by atomic mass is 9.82. The summed E-state index contributed by atoms with van der Waals surface area (Å²) in [6, 6.07) is 59.0. The molecule has 116 heavy (non-hydrogen) atoms. The number of benzene rings is 6. The van der Waals surface area contributed by atoms with Gasteiger partial charge in [0, 0.05) is 35.4 Å². The molecule has 16 nitrogen and oxygen atoms in total. The Morgan fingerprint density at radius 3 is 1.02 bits per heavy atom. The van der Waals surface area contributed by atoms with E-state index in [4.69, 9.17) is 51.4 Å². The predicted octanol–water partition coefficient (Wildman–Crippen LogP) is 22.5. The van der Waals surface area contributed by atoms with Crippen LogP contribution in [0.5, 0.6) is 0 Å². The third-order valence-corrected chi connectivity index (χ3v) is 27.3. The number of aryl methyl sites for hydroxylation is 2. The third-order valence-electron chi connectivity index (χ3n) is 21.6. The Kier molecular flexibility index (Phi) is 34.7. The lowest BCUT2D eigenvalue weighted by Crippen LogP contribution is -2.67. The number of hydrogen-bond acceptors (Lipinski definition) is 16. The van der Waals surface area contributed by atoms with Crippen LogP contribution in [0, 0.1) is 49.4 Å². The van der Waals surface area contributed by atoms with Gasteiger partial charge in [-0.3, -0.25) is 0 Å². The number of rotatable bonds is 27. The first kappa shape index (κ1) is 94.3. The van der Waals surface area contributed by atoms with E-state index in [-0.39, 0.29) is 29.6 Å². The molecular formula is C98H135IN2O14Si. The van der Waals surface area contributed by atoms with Crippen molar-refractivity contribution in [2.45, 2.75) is 265 Å². The zero-order valence-electron chi connectivity index (χ0n) is 73.3. The van der Waals surface area contributed by atoms with Crippen LogP contribution >= 0.6 is 22.6 Å². The maximum Gasteiger partial charge on any atom is 0.338 e. The molecule has 0 aliphatic heterocycles. The minimum atomic E-state index is -2.53. The standard InChI is InChI=1S/C33H43NO5.C32H48O4Si.C17H14INO.C16H30O4/c1-23-29(34-30(38-23)28-17-15-27(16-18-28)26-13-8-7-9-14-26)22-36-20-24-11-10-12-25(19-24)21-37-33(5,6)31(35)39-32(2,3)4;1-30(2,3)36-29(33)32(7,8)34-23-25-16-15-17-26(22-25)24-35-37(31(4,5)6,27-18-11-9-12-19-27)28-20-13-10-14-21-28;1-12-16(11-18)19-17(20-12)15-9-7-14(8-10-15)13-5-3-2-4-6-13;1-15(2,3)20-14(18)16(4,5)19-11-13-8-6-7-12(9-13)10-17/h7-9,13-18,24-25H,10-12,19-22H2,1-6H3;9-14,18-21,25-26H,15-17,22-24H2,1-8H3;2-10H,11H2,1H3;12-13,17H,6-11H2,1-5H3. The summed E-state index contributed by atoms with van der Waals surface area (Å²) in [6.45, 7) is 42.2. The fourth-order valence-electron chi connectivity index (χ4n) is 15.0. The predicted molar refractivity (Wildman–Crippen MR) is 476 cm³/mol. The van der Waals surface area contributed by atoms with Crippen molar-refractivity contribution in [1.29, 1.82) is 0 Å². The molecule has 2 aromatic heterocycles. The second-order valence-corrected chi connectivity index (χ2v) is 42.5. The summed E-state index contributed by atoms with van der Waals surface area (Å²) < 4.78 is 60.4. The summed E-state index contributed by atoms with van der Waals surface area (Å²) in [5.41, 5.74) is 4.23. The largest absolute Gasteiger partial charge is 0.458 e. The zero-order valence-corrected chi connectivity index (χ0v) is 76.5. The fourth-order valence-corrected chi connectivity index (χ4v) is 20.4. The average molecular weight is 1720 g/mol. The third kappa shape index (κ3) is 29.1. The Hall–Kier alpha value is -7.14. The molecule has 3 aliphatic rings. The Balaban J connectivity index is 0.000000202. The van der Waals surface area contributed by atoms with E-state index in [1.165, 1.54) is 33.5 Å². The second kappa shape index (κ2) is 42.7. The van der Waals surface area contributed by atoms with Gasteiger partial charge in [-0.15, -0.1) is 0 Å². The second-order valence-electron chi connectivity index (χ2n) is 37.4. The molecule has 632 valence electrons. The minimum Gasteiger partial charge on any atom is -0.458 e. The highest BCUT2D eigenvalue weighted by Gasteiger charge is 2.51. The quantitative estimate of drug-likeness (QED) is 0.0168. The van der Waals surface area contributed by atoms with E-state index in [0.29, 0.717) is 80.3 Å². The summed E-state index contributed by atoms with van der Waals surface area (Å²) in [6.07, 6.45) is 13.3. The van der Waals surface area contributed by atoms with Gasteiger partial charge in [-0.2, -0.15) is 0 Å². The number of alkyl halides is 1. The summed E-state index contributed by atoms with van der Waals surface area (Å²) in [7, 11) is -2.53. The van der Waals surface area contributed by atoms with Gasteiger partial charge in [0.2, 0.25) is 11.8 Å². The van der Waals surface area contributed by atoms with E-state index in [1.54, 1.807) is 27.7 Å². The maximum absolute atomic E-state index is 12.6. The van der Waals surface area contributed by atoms with E-state index >= 15 is 0 Å². The molecule has 8 aromatic rings. The smallest absolute Gasteiger partial charge is 0.338 e. The molecule has 1 N–H and O–H groups in total. The van der Waals surface area contributed by atoms with Gasteiger partial charge >= 0.3 is 17.9 Å². The van der Waals surface area contributed by atoms with Crippen molar-refractivity contribution < 1.29 is 65.9 Å². The molecule has 0 saturated heterocycles. The zero-order chi connectivity index (χ0) is 84.7. The molecule has 3 fully saturated rings. The lowest BCUT2D eigenvalue weighted by Gasteiger charge is -2.44. The fraction of sp³-hybridized carbons (Fsp3) is 0.541. The van der Waals surface area contributed by atoms with E-state index in [2.05, 4.69) is 170 Å². The van der Waals surface area contributed by atoms with Gasteiger partial charge in [0.15, 0.2) is 16.8 Å². The Morgan fingerprint density at radius 2 is 0.690 bits per heavy atom. The number of aromatic nitrogens is 2. The number of hydrogen-bond donors (Lipinski definition) is 1. The van der Waals surface area contributed by atoms with Crippen molar-refractivity contribution in [3.63, 3.8) is 0 Å². The molecular weight excluding hydrogens is 1580 g/mol. The van der Waals surface area contributed by atoms with Crippen molar-refractivity contribution in [2.75, 3.05) is 39.6 Å². The van der Waals surface area contributed by atoms with Crippen molar-refractivity contribution in [3.05, 3.63) is 193 Å². The number of ether oxygens (including phenoxy) is 7. The first-order valence-corrected chi connectivity index (χ1v) is 45.5. The number of aliphatic hydroxyl groups excluding tert-OH is 1. The molecule has 0 bridgehead atoms. The molecule has 3 saturated carbocycles. The molecule has 0 radical (unpaired) electrons. The average Bonchev–Trinajstić information content (AvgIpc) is 0.885. The summed E-state index contributed by atoms with van der Waals surface area (Å²) in [4.78, 5) is 46.5. The highest BCUT2D eigenvalue weighted by molar-refractivity contribution is 14.1. The minimum absolute atomic E-state index is 0.0235. The number of esters is 3. The summed E-state index contributed by atoms with van der Waals surface area (Å²) in [5, 5.41) is 11.9. The SMILES string of the molecule is CC(C)(C)OC(=O)C(C)(C)OCC1CCCC(CO)C1.CC(C)(C)OC(=O)C(C)(C)OCC1CCCC(CO[Si](c2ccccc2)(c2ccccc2)C(C)(C)C)C1.Cc1oc(-c2ccc(-c3ccccc3)cc2)nc1CI.Cc1oc(-c2ccc(-c3ccccc3)cc2)nc1COCC1CCCC(COC(C)(C)C(=O)OC(C)(C)C)C1. The van der Waals surface area contributed by atoms with Crippen LogP contribution in [0.15, 0.2) is 179 Å². The number of carbonyl (C=O) groups is 3. The summed E-state index contributed by atoms with van der Waals surface area (Å²) in [5.74, 6) is 4.67. The number of oxazole rings is 2. The summed E-state index contributed by atoms with van der Waals surface area (Å²) >= 11 is 2.30. The van der Waals surface area contributed by atoms with Gasteiger partial charge in [0.1, 0.15) is 34.0 Å². The molecule has 3 aliphatic carbocycles. The normalized spacial score (nSPS) is 18.4. The first-order chi connectivity index (χ1) is 54.7. The maximum atomic E-state index is 12.6. The Bertz CT molecular complexity index is 4230. The van der Waals surface area contributed by atoms with Crippen LogP contribution in [-0.2, 0) is 63.0 Å². The van der Waals surface area contributed by atoms with Crippen LogP contribution in [0.4, 0.5) is 0 Å². The topological polar surface area (TPSA) is 197 Å². The van der Waals surface area contributed by atoms with E-state index in [1.807, 2.05) is 139 Å². The van der Waals surface area contributed by atoms with Gasteiger partial charge in [0.05, 0.1) is 32.1 Å². The van der Waals surface area contributed by atoms with Crippen molar-refractivity contribution in [3.8, 4) is 45.2 Å². The van der Waals surface area contributed by atoms with Crippen LogP contribution in [0.2, 0.25) is 5.04 Å². The highest BCUT2D eigenvalue weighted by atomic mass is 127. The van der Waals surface area contributed by atoms with Gasteiger partial charge in [0.25, 0.3) is 8.32 Å². The van der Waals surface area contributed by atoms with Crippen molar-refractivity contribution >= 4 is 59.2 Å². The van der Waals surface area contributed by atoms with Gasteiger partial charge in [-0.1, -0.05) is 208 Å². The van der Waals surface area contributed by atoms with Gasteiger partial charge in [-0.25, -0.2) is 24.4 Å². The van der Waals surface area contributed by atoms with Gasteiger partial charge in [-0.05, 0) is 273 Å². The number of carbonyl (C=O) groups excluding carboxylic acids is 3. The molecule has 6 aromatic carbocycles. The molecule has 6 unspecified atom stereocenters.